The summed E-state index contributed by atoms with van der Waals surface area (Å²) in [6.07, 6.45) is -4.19. The first-order valence-electron chi connectivity index (χ1n) is 10.7. The number of hydrogen-bond acceptors (Lipinski definition) is 5. The molecule has 34 heavy (non-hydrogen) atoms. The van der Waals surface area contributed by atoms with Gasteiger partial charge in [-0.3, -0.25) is 4.79 Å². The number of ether oxygens (including phenoxy) is 1. The van der Waals surface area contributed by atoms with Crippen LogP contribution in [-0.2, 0) is 6.18 Å². The molecule has 0 bridgehead atoms. The number of halogens is 4. The number of hydrogen-bond donors (Lipinski definition) is 1. The number of carbonyl (C=O) groups excluding carboxylic acids is 1. The van der Waals surface area contributed by atoms with Crippen LogP contribution in [0.1, 0.15) is 27.9 Å². The molecule has 0 saturated carbocycles. The molecule has 0 aromatic heterocycles. The second kappa shape index (κ2) is 8.80. The molecule has 1 N–H and O–H groups in total. The number of aliphatic hydroxyl groups is 1. The summed E-state index contributed by atoms with van der Waals surface area (Å²) in [5.74, 6) is -1.21. The lowest BCUT2D eigenvalue weighted by atomic mass is 9.73. The van der Waals surface area contributed by atoms with Crippen LogP contribution in [0.2, 0.25) is 0 Å². The molecule has 0 spiro atoms. The number of aliphatic hydroxyl groups excluding tert-OH is 1. The quantitative estimate of drug-likeness (QED) is 0.680. The molecule has 2 aromatic rings. The van der Waals surface area contributed by atoms with Crippen LogP contribution in [0.15, 0.2) is 36.4 Å². The van der Waals surface area contributed by atoms with Gasteiger partial charge in [0.2, 0.25) is 0 Å². The van der Waals surface area contributed by atoms with E-state index in [1.807, 2.05) is 0 Å². The highest BCUT2D eigenvalue weighted by Crippen LogP contribution is 2.44. The van der Waals surface area contributed by atoms with Crippen molar-refractivity contribution in [2.45, 2.75) is 12.6 Å². The molecular formula is C24H23F4N3O3. The van der Waals surface area contributed by atoms with Crippen molar-refractivity contribution in [3.63, 3.8) is 0 Å². The van der Waals surface area contributed by atoms with E-state index in [1.54, 1.807) is 15.9 Å². The lowest BCUT2D eigenvalue weighted by molar-refractivity contribution is -0.137. The Morgan fingerprint density at radius 3 is 2.65 bits per heavy atom. The van der Waals surface area contributed by atoms with Crippen molar-refractivity contribution in [3.05, 3.63) is 58.9 Å². The van der Waals surface area contributed by atoms with Gasteiger partial charge in [-0.05, 0) is 42.8 Å². The van der Waals surface area contributed by atoms with Gasteiger partial charge in [-0.25, -0.2) is 4.39 Å². The normalized spacial score (nSPS) is 22.3. The molecule has 0 radical (unpaired) electrons. The van der Waals surface area contributed by atoms with E-state index in [0.29, 0.717) is 25.2 Å². The predicted molar refractivity (Wildman–Crippen MR) is 115 cm³/mol. The maximum Gasteiger partial charge on any atom is 0.417 e. The van der Waals surface area contributed by atoms with Crippen LogP contribution in [-0.4, -0.2) is 55.8 Å². The van der Waals surface area contributed by atoms with Crippen LogP contribution in [0.3, 0.4) is 0 Å². The fourth-order valence-electron chi connectivity index (χ4n) is 4.97. The van der Waals surface area contributed by atoms with Crippen molar-refractivity contribution in [1.82, 2.24) is 4.90 Å². The van der Waals surface area contributed by atoms with Crippen molar-refractivity contribution in [2.24, 2.45) is 11.3 Å². The first kappa shape index (κ1) is 23.8. The summed E-state index contributed by atoms with van der Waals surface area (Å²) in [6, 6.07) is 9.15. The lowest BCUT2D eigenvalue weighted by Crippen LogP contribution is -2.49. The first-order chi connectivity index (χ1) is 16.1. The van der Waals surface area contributed by atoms with Crippen LogP contribution in [0.25, 0.3) is 0 Å². The van der Waals surface area contributed by atoms with E-state index < -0.39 is 28.5 Å². The van der Waals surface area contributed by atoms with Crippen molar-refractivity contribution < 1.29 is 32.2 Å². The van der Waals surface area contributed by atoms with Crippen LogP contribution in [0.4, 0.5) is 23.2 Å². The molecule has 2 heterocycles. The Balaban J connectivity index is 1.56. The van der Waals surface area contributed by atoms with Crippen molar-refractivity contribution >= 4 is 11.6 Å². The average molecular weight is 477 g/mol. The molecule has 2 fully saturated rings. The number of carbonyl (C=O) groups is 1. The molecule has 2 atom stereocenters. The number of methoxy groups -OCH3 is 1. The SMILES string of the molecule is COc1ccc(C(=O)N2C[C@H]3CN(c4ccc(C#N)c(C(F)(F)F)c4)CC[C@@]3(CO)C2)cc1F. The van der Waals surface area contributed by atoms with E-state index in [1.165, 1.54) is 25.3 Å². The van der Waals surface area contributed by atoms with E-state index in [-0.39, 0.29) is 42.8 Å². The largest absolute Gasteiger partial charge is 0.494 e. The summed E-state index contributed by atoms with van der Waals surface area (Å²) >= 11 is 0. The number of amides is 1. The van der Waals surface area contributed by atoms with Gasteiger partial charge in [0, 0.05) is 48.8 Å². The summed E-state index contributed by atoms with van der Waals surface area (Å²) in [7, 11) is 1.33. The molecule has 0 unspecified atom stereocenters. The minimum atomic E-state index is -4.66. The van der Waals surface area contributed by atoms with Gasteiger partial charge in [-0.15, -0.1) is 0 Å². The summed E-state index contributed by atoms with van der Waals surface area (Å²) in [6.45, 7) is 1.11. The van der Waals surface area contributed by atoms with Gasteiger partial charge in [-0.2, -0.15) is 18.4 Å². The maximum atomic E-state index is 14.1. The Bertz CT molecular complexity index is 1150. The third-order valence-electron chi connectivity index (χ3n) is 6.93. The second-order valence-corrected chi connectivity index (χ2v) is 8.79. The van der Waals surface area contributed by atoms with Gasteiger partial charge in [-0.1, -0.05) is 0 Å². The fraction of sp³-hybridized carbons (Fsp3) is 0.417. The Labute approximate surface area is 193 Å². The topological polar surface area (TPSA) is 76.8 Å². The highest BCUT2D eigenvalue weighted by Gasteiger charge is 2.50. The molecule has 6 nitrogen and oxygen atoms in total. The molecule has 1 amide bonds. The van der Waals surface area contributed by atoms with Crippen LogP contribution < -0.4 is 9.64 Å². The number of fused-ring (bicyclic) bond motifs is 1. The summed E-state index contributed by atoms with van der Waals surface area (Å²) in [5, 5.41) is 19.2. The van der Waals surface area contributed by atoms with E-state index in [2.05, 4.69) is 0 Å². The number of rotatable bonds is 4. The Hall–Kier alpha value is -3.32. The minimum Gasteiger partial charge on any atom is -0.494 e. The molecule has 10 heteroatoms. The number of anilines is 1. The zero-order valence-electron chi connectivity index (χ0n) is 18.4. The van der Waals surface area contributed by atoms with Crippen molar-refractivity contribution in [1.29, 1.82) is 5.26 Å². The minimum absolute atomic E-state index is 0.0229. The number of alkyl halides is 3. The van der Waals surface area contributed by atoms with Crippen LogP contribution in [0, 0.1) is 28.5 Å². The van der Waals surface area contributed by atoms with Gasteiger partial charge in [0.05, 0.1) is 30.9 Å². The number of nitrogens with zero attached hydrogens (tertiary/aromatic N) is 3. The Kier molecular flexibility index (Phi) is 6.16. The molecule has 180 valence electrons. The molecule has 2 aliphatic heterocycles. The number of piperidine rings is 1. The second-order valence-electron chi connectivity index (χ2n) is 8.79. The number of nitriles is 1. The molecule has 2 aromatic carbocycles. The van der Waals surface area contributed by atoms with Crippen LogP contribution in [0.5, 0.6) is 5.75 Å². The smallest absolute Gasteiger partial charge is 0.417 e. The van der Waals surface area contributed by atoms with Gasteiger partial charge in [0.15, 0.2) is 11.6 Å². The summed E-state index contributed by atoms with van der Waals surface area (Å²) in [5.41, 5.74) is -1.53. The fourth-order valence-corrected chi connectivity index (χ4v) is 4.97. The lowest BCUT2D eigenvalue weighted by Gasteiger charge is -2.43. The maximum absolute atomic E-state index is 14.1. The molecule has 2 saturated heterocycles. The number of likely N-dealkylation sites (tertiary alicyclic amines) is 1. The Morgan fingerprint density at radius 1 is 1.26 bits per heavy atom. The van der Waals surface area contributed by atoms with Gasteiger partial charge in [0.1, 0.15) is 0 Å². The molecular weight excluding hydrogens is 454 g/mol. The third-order valence-corrected chi connectivity index (χ3v) is 6.93. The highest BCUT2D eigenvalue weighted by molar-refractivity contribution is 5.94. The average Bonchev–Trinajstić information content (AvgIpc) is 3.22. The van der Waals surface area contributed by atoms with Gasteiger partial charge < -0.3 is 19.6 Å². The molecule has 4 rings (SSSR count). The molecule has 2 aliphatic rings. The zero-order chi connectivity index (χ0) is 24.7. The van der Waals surface area contributed by atoms with Crippen LogP contribution >= 0.6 is 0 Å². The monoisotopic (exact) mass is 477 g/mol. The van der Waals surface area contributed by atoms with Gasteiger partial charge >= 0.3 is 6.18 Å². The van der Waals surface area contributed by atoms with Crippen molar-refractivity contribution in [3.8, 4) is 11.8 Å². The zero-order valence-corrected chi connectivity index (χ0v) is 18.4. The van der Waals surface area contributed by atoms with Gasteiger partial charge in [0.25, 0.3) is 5.91 Å². The van der Waals surface area contributed by atoms with E-state index in [9.17, 15) is 27.5 Å². The predicted octanol–water partition coefficient (Wildman–Crippen LogP) is 3.69. The van der Waals surface area contributed by atoms with Crippen molar-refractivity contribution in [2.75, 3.05) is 44.8 Å². The Morgan fingerprint density at radius 2 is 2.03 bits per heavy atom. The summed E-state index contributed by atoms with van der Waals surface area (Å²) < 4.78 is 59.2. The highest BCUT2D eigenvalue weighted by atomic mass is 19.4. The number of benzene rings is 2. The molecule has 0 aliphatic carbocycles. The standard InChI is InChI=1S/C24H23F4N3O3/c1-34-21-5-3-15(8-20(21)25)22(33)31-12-17-11-30(7-6-23(17,13-31)14-32)18-4-2-16(10-29)19(9-18)24(26,27)28/h2-5,8-9,17,32H,6-7,11-14H2,1H3/t17-,23+/m1/s1. The van der Waals surface area contributed by atoms with E-state index >= 15 is 0 Å². The van der Waals surface area contributed by atoms with E-state index in [4.69, 9.17) is 10.00 Å². The first-order valence-corrected chi connectivity index (χ1v) is 10.7. The van der Waals surface area contributed by atoms with E-state index in [0.717, 1.165) is 18.2 Å². The third kappa shape index (κ3) is 4.16. The summed E-state index contributed by atoms with van der Waals surface area (Å²) in [4.78, 5) is 16.4.